The Morgan fingerprint density at radius 3 is 2.59 bits per heavy atom. The van der Waals surface area contributed by atoms with Gasteiger partial charge in [0.2, 0.25) is 5.13 Å². The number of aromatic nitrogens is 1. The van der Waals surface area contributed by atoms with Gasteiger partial charge in [-0.05, 0) is 29.8 Å². The van der Waals surface area contributed by atoms with Crippen LogP contribution in [0, 0.1) is 5.82 Å². The van der Waals surface area contributed by atoms with E-state index in [1.54, 1.807) is 12.1 Å². The molecule has 1 amide bonds. The first-order chi connectivity index (χ1) is 13.0. The van der Waals surface area contributed by atoms with E-state index < -0.39 is 16.7 Å². The van der Waals surface area contributed by atoms with Crippen molar-refractivity contribution in [1.82, 2.24) is 4.98 Å². The van der Waals surface area contributed by atoms with Gasteiger partial charge in [-0.25, -0.2) is 9.37 Å². The molecule has 0 aliphatic carbocycles. The van der Waals surface area contributed by atoms with Gasteiger partial charge in [0.25, 0.3) is 5.91 Å². The van der Waals surface area contributed by atoms with Crippen molar-refractivity contribution in [2.45, 2.75) is 10.8 Å². The highest BCUT2D eigenvalue weighted by molar-refractivity contribution is 7.86. The van der Waals surface area contributed by atoms with Crippen LogP contribution < -0.4 is 5.06 Å². The number of hydrogen-bond acceptors (Lipinski definition) is 6. The van der Waals surface area contributed by atoms with E-state index in [4.69, 9.17) is 4.84 Å². The standard InChI is InChI=1S/C18H15FN2O4S2/c1-27(24)16-10-20-18(26-16)21(17(23)14-4-2-3-5-15(14)22)25-11-12-6-8-13(19)9-7-12/h2-10,22H,11H2,1H3. The molecule has 9 heteroatoms. The molecular weight excluding hydrogens is 391 g/mol. The number of carbonyl (C=O) groups excluding carboxylic acids is 1. The Kier molecular flexibility index (Phi) is 5.94. The maximum absolute atomic E-state index is 13.1. The molecule has 0 spiro atoms. The van der Waals surface area contributed by atoms with Crippen LogP contribution in [0.25, 0.3) is 0 Å². The molecule has 1 atom stereocenters. The van der Waals surface area contributed by atoms with E-state index in [9.17, 15) is 18.5 Å². The van der Waals surface area contributed by atoms with Gasteiger partial charge in [0.1, 0.15) is 22.4 Å². The van der Waals surface area contributed by atoms with Crippen molar-refractivity contribution in [2.75, 3.05) is 11.3 Å². The molecule has 140 valence electrons. The third kappa shape index (κ3) is 4.57. The lowest BCUT2D eigenvalue weighted by Gasteiger charge is -2.19. The highest BCUT2D eigenvalue weighted by atomic mass is 32.2. The number of rotatable bonds is 6. The first kappa shape index (κ1) is 19.2. The van der Waals surface area contributed by atoms with Crippen LogP contribution in [0.5, 0.6) is 5.75 Å². The number of aromatic hydroxyl groups is 1. The number of phenolic OH excluding ortho intramolecular Hbond substituents is 1. The predicted octanol–water partition coefficient (Wildman–Crippen LogP) is 3.50. The lowest BCUT2D eigenvalue weighted by molar-refractivity contribution is 0.0596. The van der Waals surface area contributed by atoms with Gasteiger partial charge in [0, 0.05) is 6.26 Å². The zero-order valence-electron chi connectivity index (χ0n) is 14.2. The first-order valence-electron chi connectivity index (χ1n) is 7.75. The predicted molar refractivity (Wildman–Crippen MR) is 101 cm³/mol. The van der Waals surface area contributed by atoms with Crippen molar-refractivity contribution in [3.63, 3.8) is 0 Å². The van der Waals surface area contributed by atoms with Crippen molar-refractivity contribution in [3.05, 3.63) is 71.7 Å². The number of hydrogen-bond donors (Lipinski definition) is 1. The lowest BCUT2D eigenvalue weighted by atomic mass is 10.2. The summed E-state index contributed by atoms with van der Waals surface area (Å²) in [4.78, 5) is 22.6. The highest BCUT2D eigenvalue weighted by Gasteiger charge is 2.25. The van der Waals surface area contributed by atoms with Crippen LogP contribution in [0.1, 0.15) is 15.9 Å². The second-order valence-corrected chi connectivity index (χ2v) is 8.05. The zero-order chi connectivity index (χ0) is 19.4. The zero-order valence-corrected chi connectivity index (χ0v) is 15.8. The van der Waals surface area contributed by atoms with Gasteiger partial charge in [-0.2, -0.15) is 5.06 Å². The summed E-state index contributed by atoms with van der Waals surface area (Å²) in [5.41, 5.74) is 0.674. The van der Waals surface area contributed by atoms with Crippen LogP contribution in [0.4, 0.5) is 9.52 Å². The summed E-state index contributed by atoms with van der Waals surface area (Å²) in [6, 6.07) is 11.7. The van der Waals surface area contributed by atoms with Gasteiger partial charge in [-0.15, -0.1) is 0 Å². The Bertz CT molecular complexity index is 976. The van der Waals surface area contributed by atoms with Gasteiger partial charge < -0.3 is 5.11 Å². The van der Waals surface area contributed by atoms with Crippen LogP contribution in [-0.4, -0.2) is 26.5 Å². The molecule has 1 N–H and O–H groups in total. The Balaban J connectivity index is 1.90. The summed E-state index contributed by atoms with van der Waals surface area (Å²) < 4.78 is 25.2. The van der Waals surface area contributed by atoms with Crippen molar-refractivity contribution >= 4 is 33.2 Å². The molecular formula is C18H15FN2O4S2. The summed E-state index contributed by atoms with van der Waals surface area (Å²) >= 11 is 1.04. The lowest BCUT2D eigenvalue weighted by Crippen LogP contribution is -2.31. The Morgan fingerprint density at radius 2 is 1.96 bits per heavy atom. The van der Waals surface area contributed by atoms with Crippen molar-refractivity contribution in [1.29, 1.82) is 0 Å². The van der Waals surface area contributed by atoms with Crippen molar-refractivity contribution in [3.8, 4) is 5.75 Å². The molecule has 6 nitrogen and oxygen atoms in total. The fraction of sp³-hybridized carbons (Fsp3) is 0.111. The quantitative estimate of drug-likeness (QED) is 0.634. The number of phenols is 1. The van der Waals surface area contributed by atoms with Gasteiger partial charge in [0.15, 0.2) is 0 Å². The number of anilines is 1. The number of nitrogens with zero attached hydrogens (tertiary/aromatic N) is 2. The van der Waals surface area contributed by atoms with E-state index in [-0.39, 0.29) is 28.9 Å². The van der Waals surface area contributed by atoms with Gasteiger partial charge in [-0.3, -0.25) is 13.8 Å². The number of halogens is 1. The minimum atomic E-state index is -1.26. The summed E-state index contributed by atoms with van der Waals surface area (Å²) in [7, 11) is -1.26. The largest absolute Gasteiger partial charge is 0.507 e. The minimum Gasteiger partial charge on any atom is -0.507 e. The number of para-hydroxylation sites is 1. The smallest absolute Gasteiger partial charge is 0.288 e. The SMILES string of the molecule is CS(=O)c1cnc(N(OCc2ccc(F)cc2)C(=O)c2ccccc2O)s1. The Morgan fingerprint density at radius 1 is 1.26 bits per heavy atom. The molecule has 3 rings (SSSR count). The number of thiazole rings is 1. The average Bonchev–Trinajstić information content (AvgIpc) is 3.14. The maximum Gasteiger partial charge on any atom is 0.288 e. The van der Waals surface area contributed by atoms with E-state index >= 15 is 0 Å². The normalized spacial score (nSPS) is 11.9. The molecule has 0 aliphatic rings. The second kappa shape index (κ2) is 8.38. The summed E-state index contributed by atoms with van der Waals surface area (Å²) in [6.07, 6.45) is 2.91. The van der Waals surface area contributed by atoms with Gasteiger partial charge >= 0.3 is 0 Å². The highest BCUT2D eigenvalue weighted by Crippen LogP contribution is 2.28. The fourth-order valence-electron chi connectivity index (χ4n) is 2.16. The van der Waals surface area contributed by atoms with Crippen LogP contribution >= 0.6 is 11.3 Å². The third-order valence-corrected chi connectivity index (χ3v) is 5.91. The van der Waals surface area contributed by atoms with Crippen LogP contribution in [0.2, 0.25) is 0 Å². The summed E-state index contributed by atoms with van der Waals surface area (Å²) in [5.74, 6) is -1.21. The maximum atomic E-state index is 13.1. The molecule has 0 aliphatic heterocycles. The van der Waals surface area contributed by atoms with E-state index in [0.717, 1.165) is 16.4 Å². The molecule has 0 saturated carbocycles. The number of amides is 1. The van der Waals surface area contributed by atoms with Crippen molar-refractivity contribution in [2.24, 2.45) is 0 Å². The Hall–Kier alpha value is -2.62. The van der Waals surface area contributed by atoms with Crippen LogP contribution in [-0.2, 0) is 22.2 Å². The van der Waals surface area contributed by atoms with E-state index in [0.29, 0.717) is 9.77 Å². The molecule has 1 unspecified atom stereocenters. The molecule has 27 heavy (non-hydrogen) atoms. The molecule has 2 aromatic carbocycles. The molecule has 0 fully saturated rings. The molecule has 3 aromatic rings. The number of hydroxylamine groups is 1. The van der Waals surface area contributed by atoms with Gasteiger partial charge in [0.05, 0.1) is 22.6 Å². The molecule has 0 bridgehead atoms. The minimum absolute atomic E-state index is 0.0241. The third-order valence-electron chi connectivity index (χ3n) is 3.52. The molecule has 0 saturated heterocycles. The first-order valence-corrected chi connectivity index (χ1v) is 10.1. The molecule has 0 radical (unpaired) electrons. The summed E-state index contributed by atoms with van der Waals surface area (Å²) in [6.45, 7) is -0.0241. The van der Waals surface area contributed by atoms with E-state index in [2.05, 4.69) is 4.98 Å². The second-order valence-electron chi connectivity index (χ2n) is 5.43. The monoisotopic (exact) mass is 406 g/mol. The molecule has 1 aromatic heterocycles. The fourth-order valence-corrected chi connectivity index (χ4v) is 3.67. The average molecular weight is 406 g/mol. The van der Waals surface area contributed by atoms with E-state index in [1.165, 1.54) is 48.9 Å². The summed E-state index contributed by atoms with van der Waals surface area (Å²) in [5, 5.41) is 11.1. The topological polar surface area (TPSA) is 79.7 Å². The van der Waals surface area contributed by atoms with Crippen LogP contribution in [0.3, 0.4) is 0 Å². The van der Waals surface area contributed by atoms with Crippen molar-refractivity contribution < 1.29 is 23.3 Å². The number of benzene rings is 2. The van der Waals surface area contributed by atoms with E-state index in [1.807, 2.05) is 0 Å². The van der Waals surface area contributed by atoms with Crippen LogP contribution in [0.15, 0.2) is 58.9 Å². The molecule has 1 heterocycles. The number of carbonyl (C=O) groups is 1. The Labute approximate surface area is 161 Å². The van der Waals surface area contributed by atoms with Gasteiger partial charge in [-0.1, -0.05) is 35.6 Å².